The van der Waals surface area contributed by atoms with Gasteiger partial charge in [0.1, 0.15) is 11.5 Å². The first-order valence-corrected chi connectivity index (χ1v) is 12.8. The number of thiophene rings is 1. The number of urea groups is 1. The first kappa shape index (κ1) is 21.3. The molecule has 3 aromatic rings. The number of fused-ring (bicyclic) bond motifs is 1. The predicted molar refractivity (Wildman–Crippen MR) is 131 cm³/mol. The summed E-state index contributed by atoms with van der Waals surface area (Å²) < 4.78 is 1.76. The van der Waals surface area contributed by atoms with Crippen LogP contribution in [0.4, 0.5) is 10.6 Å². The lowest BCUT2D eigenvalue weighted by molar-refractivity contribution is -0.115. The Bertz CT molecular complexity index is 1300. The van der Waals surface area contributed by atoms with Crippen molar-refractivity contribution in [2.75, 3.05) is 5.32 Å². The van der Waals surface area contributed by atoms with Gasteiger partial charge in [0.05, 0.1) is 11.9 Å². The van der Waals surface area contributed by atoms with Gasteiger partial charge in [-0.3, -0.25) is 10.1 Å². The molecule has 3 aliphatic rings. The van der Waals surface area contributed by atoms with Crippen molar-refractivity contribution in [3.8, 4) is 11.3 Å². The Morgan fingerprint density at radius 3 is 2.71 bits per heavy atom. The lowest BCUT2D eigenvalue weighted by atomic mass is 10.1. The zero-order chi connectivity index (χ0) is 23.2. The summed E-state index contributed by atoms with van der Waals surface area (Å²) in [7, 11) is 0. The van der Waals surface area contributed by atoms with Crippen LogP contribution >= 0.6 is 11.3 Å². The van der Waals surface area contributed by atoms with E-state index in [-0.39, 0.29) is 5.70 Å². The third-order valence-electron chi connectivity index (χ3n) is 6.63. The number of aromatic nitrogens is 3. The molecule has 3 aromatic heterocycles. The van der Waals surface area contributed by atoms with Gasteiger partial charge in [-0.1, -0.05) is 12.8 Å². The second kappa shape index (κ2) is 8.52. The molecule has 0 spiro atoms. The number of carbonyl (C=O) groups is 2. The first-order valence-electron chi connectivity index (χ1n) is 11.9. The van der Waals surface area contributed by atoms with E-state index in [1.54, 1.807) is 28.1 Å². The predicted octanol–water partition coefficient (Wildman–Crippen LogP) is 3.81. The quantitative estimate of drug-likeness (QED) is 0.304. The van der Waals surface area contributed by atoms with Gasteiger partial charge in [0.2, 0.25) is 0 Å². The van der Waals surface area contributed by atoms with Crippen LogP contribution in [0.5, 0.6) is 0 Å². The first-order chi connectivity index (χ1) is 16.5. The molecular formula is C24H27N7O2S. The highest BCUT2D eigenvalue weighted by Crippen LogP contribution is 2.33. The Morgan fingerprint density at radius 1 is 1.15 bits per heavy atom. The van der Waals surface area contributed by atoms with Crippen LogP contribution in [-0.2, 0) is 4.79 Å². The van der Waals surface area contributed by atoms with E-state index in [9.17, 15) is 9.59 Å². The van der Waals surface area contributed by atoms with Gasteiger partial charge in [-0.25, -0.2) is 9.78 Å². The molecule has 0 radical (unpaired) electrons. The van der Waals surface area contributed by atoms with Gasteiger partial charge in [-0.15, -0.1) is 11.3 Å². The summed E-state index contributed by atoms with van der Waals surface area (Å²) in [4.78, 5) is 29.7. The van der Waals surface area contributed by atoms with Crippen molar-refractivity contribution in [3.63, 3.8) is 0 Å². The summed E-state index contributed by atoms with van der Waals surface area (Å²) in [6.45, 7) is 2.23. The fourth-order valence-corrected chi connectivity index (χ4v) is 5.57. The molecule has 0 aromatic carbocycles. The Hall–Kier alpha value is -3.24. The van der Waals surface area contributed by atoms with Crippen molar-refractivity contribution < 1.29 is 9.59 Å². The van der Waals surface area contributed by atoms with Crippen molar-refractivity contribution in [2.24, 2.45) is 0 Å². The maximum absolute atomic E-state index is 12.0. The maximum atomic E-state index is 12.0. The SMILES string of the molecule is CC(NC1CCCC1)c1cc(-c2cc(NC3CC3)n3ncc(/C=C4\NC(=O)NC4=O)c3n2)cs1. The van der Waals surface area contributed by atoms with Crippen LogP contribution in [0.25, 0.3) is 23.0 Å². The summed E-state index contributed by atoms with van der Waals surface area (Å²) in [6.07, 6.45) is 10.7. The molecule has 2 aliphatic carbocycles. The summed E-state index contributed by atoms with van der Waals surface area (Å²) in [5.74, 6) is 0.417. The number of rotatable bonds is 7. The van der Waals surface area contributed by atoms with Crippen molar-refractivity contribution in [1.29, 1.82) is 0 Å². The minimum atomic E-state index is -0.524. The number of amides is 3. The summed E-state index contributed by atoms with van der Waals surface area (Å²) in [6, 6.07) is 5.09. The normalized spacial score (nSPS) is 20.8. The summed E-state index contributed by atoms with van der Waals surface area (Å²) >= 11 is 1.75. The van der Waals surface area contributed by atoms with Gasteiger partial charge in [0.15, 0.2) is 5.65 Å². The average molecular weight is 478 g/mol. The molecule has 1 aliphatic heterocycles. The van der Waals surface area contributed by atoms with Crippen LogP contribution in [0.15, 0.2) is 29.4 Å². The number of nitrogens with zero attached hydrogens (tertiary/aromatic N) is 3. The molecule has 0 bridgehead atoms. The maximum Gasteiger partial charge on any atom is 0.326 e. The van der Waals surface area contributed by atoms with E-state index in [2.05, 4.69) is 44.7 Å². The molecule has 3 amide bonds. The van der Waals surface area contributed by atoms with Crippen LogP contribution in [0.3, 0.4) is 0 Å². The second-order valence-electron chi connectivity index (χ2n) is 9.35. The molecule has 176 valence electrons. The van der Waals surface area contributed by atoms with Crippen LogP contribution in [0.1, 0.15) is 61.9 Å². The molecule has 4 heterocycles. The van der Waals surface area contributed by atoms with Gasteiger partial charge in [-0.05, 0) is 44.7 Å². The van der Waals surface area contributed by atoms with Gasteiger partial charge in [0.25, 0.3) is 5.91 Å². The zero-order valence-corrected chi connectivity index (χ0v) is 19.7. The number of nitrogens with one attached hydrogen (secondary N) is 4. The van der Waals surface area contributed by atoms with Gasteiger partial charge in [-0.2, -0.15) is 9.61 Å². The van der Waals surface area contributed by atoms with E-state index in [0.29, 0.717) is 29.3 Å². The van der Waals surface area contributed by atoms with E-state index in [4.69, 9.17) is 4.98 Å². The zero-order valence-electron chi connectivity index (χ0n) is 18.9. The molecule has 3 fully saturated rings. The fraction of sp³-hybridized carbons (Fsp3) is 0.417. The van der Waals surface area contributed by atoms with Crippen LogP contribution in [-0.4, -0.2) is 38.6 Å². The average Bonchev–Trinajstić information content (AvgIpc) is 3.24. The largest absolute Gasteiger partial charge is 0.367 e. The number of anilines is 1. The molecule has 2 saturated carbocycles. The number of imide groups is 1. The number of hydrogen-bond donors (Lipinski definition) is 4. The monoisotopic (exact) mass is 477 g/mol. The topological polar surface area (TPSA) is 112 Å². The highest BCUT2D eigenvalue weighted by atomic mass is 32.1. The third kappa shape index (κ3) is 4.19. The molecule has 10 heteroatoms. The van der Waals surface area contributed by atoms with Crippen molar-refractivity contribution in [2.45, 2.75) is 63.6 Å². The standard InChI is InChI=1S/C24H27N7O2S/c1-13(26-16-4-2-3-5-16)20-9-15(12-34-20)18-10-21(27-17-6-7-17)31-22(28-18)14(11-25-31)8-19-23(32)30-24(33)29-19/h8-13,16-17,26-27H,2-7H2,1H3,(H2,29,30,32,33)/b19-8-. The molecule has 4 N–H and O–H groups in total. The third-order valence-corrected chi connectivity index (χ3v) is 7.75. The molecule has 1 unspecified atom stereocenters. The molecule has 6 rings (SSSR count). The summed E-state index contributed by atoms with van der Waals surface area (Å²) in [5, 5.41) is 18.7. The van der Waals surface area contributed by atoms with E-state index >= 15 is 0 Å². The second-order valence-corrected chi connectivity index (χ2v) is 10.3. The Balaban J connectivity index is 1.35. The van der Waals surface area contributed by atoms with E-state index < -0.39 is 11.9 Å². The fourth-order valence-electron chi connectivity index (χ4n) is 4.65. The highest BCUT2D eigenvalue weighted by Gasteiger charge is 2.26. The van der Waals surface area contributed by atoms with Crippen LogP contribution in [0, 0.1) is 0 Å². The molecule has 34 heavy (non-hydrogen) atoms. The Kier molecular flexibility index (Phi) is 5.34. The minimum Gasteiger partial charge on any atom is -0.367 e. The van der Waals surface area contributed by atoms with Crippen molar-refractivity contribution in [3.05, 3.63) is 39.8 Å². The molecule has 1 atom stereocenters. The van der Waals surface area contributed by atoms with Crippen LogP contribution < -0.4 is 21.3 Å². The van der Waals surface area contributed by atoms with E-state index in [1.165, 1.54) is 30.6 Å². The van der Waals surface area contributed by atoms with E-state index in [1.807, 2.05) is 6.07 Å². The Morgan fingerprint density at radius 2 is 1.97 bits per heavy atom. The number of carbonyl (C=O) groups excluding carboxylic acids is 2. The number of hydrogen-bond acceptors (Lipinski definition) is 7. The van der Waals surface area contributed by atoms with Crippen molar-refractivity contribution >= 4 is 40.8 Å². The van der Waals surface area contributed by atoms with Gasteiger partial charge < -0.3 is 16.0 Å². The van der Waals surface area contributed by atoms with Gasteiger partial charge in [0, 0.05) is 45.6 Å². The summed E-state index contributed by atoms with van der Waals surface area (Å²) in [5.41, 5.74) is 3.40. The highest BCUT2D eigenvalue weighted by molar-refractivity contribution is 7.10. The smallest absolute Gasteiger partial charge is 0.326 e. The molecule has 1 saturated heterocycles. The minimum absolute atomic E-state index is 0.188. The van der Waals surface area contributed by atoms with E-state index in [0.717, 1.165) is 29.9 Å². The lowest BCUT2D eigenvalue weighted by Gasteiger charge is -2.17. The van der Waals surface area contributed by atoms with Crippen molar-refractivity contribution in [1.82, 2.24) is 30.5 Å². The lowest BCUT2D eigenvalue weighted by Crippen LogP contribution is -2.28. The molecule has 9 nitrogen and oxygen atoms in total. The molecular weight excluding hydrogens is 450 g/mol. The van der Waals surface area contributed by atoms with Gasteiger partial charge >= 0.3 is 6.03 Å². The van der Waals surface area contributed by atoms with Crippen LogP contribution in [0.2, 0.25) is 0 Å². The Labute approximate surface area is 201 Å².